The molecule has 0 saturated heterocycles. The zero-order valence-corrected chi connectivity index (χ0v) is 11.6. The number of halogens is 4. The number of hydrogen-bond donors (Lipinski definition) is 1. The Morgan fingerprint density at radius 3 is 2.14 bits per heavy atom. The van der Waals surface area contributed by atoms with E-state index >= 15 is 0 Å². The Morgan fingerprint density at radius 2 is 1.67 bits per heavy atom. The molecular weight excluding hydrogens is 290 g/mol. The highest BCUT2D eigenvalue weighted by atomic mass is 19.2. The number of aliphatic hydroxyl groups is 1. The Kier molecular flexibility index (Phi) is 6.61. The second kappa shape index (κ2) is 7.97. The van der Waals surface area contributed by atoms with Crippen molar-refractivity contribution in [2.75, 3.05) is 19.7 Å². The summed E-state index contributed by atoms with van der Waals surface area (Å²) in [4.78, 5) is 13.1. The van der Waals surface area contributed by atoms with Crippen LogP contribution in [0.2, 0.25) is 0 Å². The van der Waals surface area contributed by atoms with Crippen LogP contribution in [0.5, 0.6) is 0 Å². The van der Waals surface area contributed by atoms with Crippen LogP contribution in [0.1, 0.15) is 36.5 Å². The van der Waals surface area contributed by atoms with Crippen molar-refractivity contribution in [3.63, 3.8) is 0 Å². The largest absolute Gasteiger partial charge is 0.395 e. The molecule has 0 aromatic heterocycles. The third-order valence-electron chi connectivity index (χ3n) is 3.01. The Morgan fingerprint density at radius 1 is 1.10 bits per heavy atom. The summed E-state index contributed by atoms with van der Waals surface area (Å²) in [7, 11) is 0. The number of carbonyl (C=O) groups excluding carboxylic acids is 1. The Labute approximate surface area is 120 Å². The Balaban J connectivity index is 3.08. The number of aliphatic hydroxyl groups excluding tert-OH is 1. The van der Waals surface area contributed by atoms with Gasteiger partial charge in [-0.15, -0.1) is 0 Å². The van der Waals surface area contributed by atoms with Gasteiger partial charge in [0.05, 0.1) is 6.61 Å². The summed E-state index contributed by atoms with van der Waals surface area (Å²) < 4.78 is 53.4. The van der Waals surface area contributed by atoms with Gasteiger partial charge in [-0.2, -0.15) is 0 Å². The number of nitrogens with zero attached hydrogens (tertiary/aromatic N) is 1. The number of hydrogen-bond acceptors (Lipinski definition) is 2. The maximum atomic E-state index is 13.6. The summed E-state index contributed by atoms with van der Waals surface area (Å²) in [5, 5.41) is 8.91. The molecule has 7 heteroatoms. The van der Waals surface area contributed by atoms with Crippen LogP contribution >= 0.6 is 0 Å². The minimum absolute atomic E-state index is 0.0505. The van der Waals surface area contributed by atoms with Crippen LogP contribution < -0.4 is 0 Å². The molecule has 0 spiro atoms. The van der Waals surface area contributed by atoms with Crippen LogP contribution in [0.3, 0.4) is 0 Å². The average Bonchev–Trinajstić information content (AvgIpc) is 2.44. The molecule has 1 aromatic carbocycles. The lowest BCUT2D eigenvalue weighted by atomic mass is 10.1. The molecule has 1 aromatic rings. The van der Waals surface area contributed by atoms with Gasteiger partial charge in [-0.1, -0.05) is 19.8 Å². The molecule has 0 atom stereocenters. The van der Waals surface area contributed by atoms with E-state index in [9.17, 15) is 22.4 Å². The van der Waals surface area contributed by atoms with Gasteiger partial charge in [-0.05, 0) is 6.42 Å². The van der Waals surface area contributed by atoms with E-state index in [1.165, 1.54) is 0 Å². The SMILES string of the molecule is CCCCCN(CCO)C(=O)c1c(F)c(F)cc(F)c1F. The van der Waals surface area contributed by atoms with Crippen LogP contribution in [0.25, 0.3) is 0 Å². The Bertz CT molecular complexity index is 482. The van der Waals surface area contributed by atoms with Gasteiger partial charge in [0.1, 0.15) is 5.56 Å². The van der Waals surface area contributed by atoms with E-state index in [4.69, 9.17) is 5.11 Å². The first-order valence-electron chi connectivity index (χ1n) is 6.67. The molecule has 0 fully saturated rings. The monoisotopic (exact) mass is 307 g/mol. The number of unbranched alkanes of at least 4 members (excludes halogenated alkanes) is 2. The lowest BCUT2D eigenvalue weighted by molar-refractivity contribution is 0.0706. The smallest absolute Gasteiger partial charge is 0.260 e. The second-order valence-electron chi connectivity index (χ2n) is 4.57. The van der Waals surface area contributed by atoms with Crippen molar-refractivity contribution >= 4 is 5.91 Å². The van der Waals surface area contributed by atoms with Crippen LogP contribution in [0.4, 0.5) is 17.6 Å². The van der Waals surface area contributed by atoms with Crippen molar-refractivity contribution in [1.82, 2.24) is 4.90 Å². The van der Waals surface area contributed by atoms with E-state index in [2.05, 4.69) is 0 Å². The molecule has 0 aliphatic carbocycles. The predicted molar refractivity (Wildman–Crippen MR) is 68.8 cm³/mol. The molecule has 3 nitrogen and oxygen atoms in total. The van der Waals surface area contributed by atoms with Crippen molar-refractivity contribution in [2.24, 2.45) is 0 Å². The molecule has 0 bridgehead atoms. The fraction of sp³-hybridized carbons (Fsp3) is 0.500. The number of amides is 1. The van der Waals surface area contributed by atoms with Gasteiger partial charge in [0.25, 0.3) is 5.91 Å². The van der Waals surface area contributed by atoms with E-state index in [0.29, 0.717) is 6.42 Å². The molecule has 0 saturated carbocycles. The first kappa shape index (κ1) is 17.4. The van der Waals surface area contributed by atoms with E-state index in [0.717, 1.165) is 17.7 Å². The summed E-state index contributed by atoms with van der Waals surface area (Å²) in [6.07, 6.45) is 2.19. The third-order valence-corrected chi connectivity index (χ3v) is 3.01. The predicted octanol–water partition coefficient (Wildman–Crippen LogP) is 2.87. The van der Waals surface area contributed by atoms with E-state index in [1.807, 2.05) is 6.92 Å². The summed E-state index contributed by atoms with van der Waals surface area (Å²) in [6.45, 7) is 1.49. The van der Waals surface area contributed by atoms with E-state index in [1.54, 1.807) is 0 Å². The fourth-order valence-corrected chi connectivity index (χ4v) is 1.91. The summed E-state index contributed by atoms with van der Waals surface area (Å²) in [5.74, 6) is -7.88. The van der Waals surface area contributed by atoms with Crippen molar-refractivity contribution in [1.29, 1.82) is 0 Å². The average molecular weight is 307 g/mol. The van der Waals surface area contributed by atoms with Gasteiger partial charge in [-0.3, -0.25) is 4.79 Å². The van der Waals surface area contributed by atoms with Crippen molar-refractivity contribution in [2.45, 2.75) is 26.2 Å². The first-order valence-corrected chi connectivity index (χ1v) is 6.67. The van der Waals surface area contributed by atoms with Crippen molar-refractivity contribution in [3.05, 3.63) is 34.9 Å². The molecule has 1 amide bonds. The summed E-state index contributed by atoms with van der Waals surface area (Å²) >= 11 is 0. The molecule has 1 rings (SSSR count). The zero-order chi connectivity index (χ0) is 16.0. The van der Waals surface area contributed by atoms with Gasteiger partial charge in [0.2, 0.25) is 0 Å². The molecule has 0 aliphatic rings. The normalized spacial score (nSPS) is 10.8. The summed E-state index contributed by atoms with van der Waals surface area (Å²) in [6, 6.07) is 0.0505. The topological polar surface area (TPSA) is 40.5 Å². The van der Waals surface area contributed by atoms with Crippen LogP contribution in [0, 0.1) is 23.3 Å². The quantitative estimate of drug-likeness (QED) is 0.478. The van der Waals surface area contributed by atoms with E-state index in [-0.39, 0.29) is 19.2 Å². The van der Waals surface area contributed by atoms with Gasteiger partial charge in [-0.25, -0.2) is 17.6 Å². The minimum atomic E-state index is -1.72. The van der Waals surface area contributed by atoms with E-state index < -0.39 is 41.3 Å². The second-order valence-corrected chi connectivity index (χ2v) is 4.57. The molecule has 1 N–H and O–H groups in total. The lowest BCUT2D eigenvalue weighted by Crippen LogP contribution is -2.36. The lowest BCUT2D eigenvalue weighted by Gasteiger charge is -2.22. The van der Waals surface area contributed by atoms with Gasteiger partial charge < -0.3 is 10.0 Å². The van der Waals surface area contributed by atoms with Crippen LogP contribution in [-0.4, -0.2) is 35.6 Å². The molecule has 21 heavy (non-hydrogen) atoms. The number of benzene rings is 1. The zero-order valence-electron chi connectivity index (χ0n) is 11.6. The number of rotatable bonds is 7. The number of carbonyl (C=O) groups is 1. The standard InChI is InChI=1S/C14H17F4NO2/c1-2-3-4-5-19(6-7-20)14(21)11-12(17)9(15)8-10(16)13(11)18/h8,20H,2-7H2,1H3. The first-order chi connectivity index (χ1) is 9.93. The molecular formula is C14H17F4NO2. The summed E-state index contributed by atoms with van der Waals surface area (Å²) in [5.41, 5.74) is -1.27. The van der Waals surface area contributed by atoms with Crippen molar-refractivity contribution < 1.29 is 27.5 Å². The molecule has 0 heterocycles. The molecule has 0 aliphatic heterocycles. The van der Waals surface area contributed by atoms with Crippen LogP contribution in [0.15, 0.2) is 6.07 Å². The fourth-order valence-electron chi connectivity index (χ4n) is 1.91. The van der Waals surface area contributed by atoms with Gasteiger partial charge in [0, 0.05) is 19.2 Å². The third kappa shape index (κ3) is 4.17. The minimum Gasteiger partial charge on any atom is -0.395 e. The Hall–Kier alpha value is -1.63. The van der Waals surface area contributed by atoms with Crippen molar-refractivity contribution in [3.8, 4) is 0 Å². The molecule has 0 radical (unpaired) electrons. The highest BCUT2D eigenvalue weighted by Gasteiger charge is 2.28. The highest BCUT2D eigenvalue weighted by Crippen LogP contribution is 2.21. The van der Waals surface area contributed by atoms with Gasteiger partial charge >= 0.3 is 0 Å². The molecule has 118 valence electrons. The molecule has 0 unspecified atom stereocenters. The van der Waals surface area contributed by atoms with Gasteiger partial charge in [0.15, 0.2) is 23.3 Å². The maximum Gasteiger partial charge on any atom is 0.260 e. The highest BCUT2D eigenvalue weighted by molar-refractivity contribution is 5.94. The maximum absolute atomic E-state index is 13.6. The van der Waals surface area contributed by atoms with Crippen LogP contribution in [-0.2, 0) is 0 Å².